The number of Topliss-reactive ketones (excluding diaryl/α,β-unsaturated/α-hetero) is 3. The number of hydrogen-bond donors (Lipinski definition) is 9. The lowest BCUT2D eigenvalue weighted by Crippen LogP contribution is -2.40. The van der Waals surface area contributed by atoms with Crippen LogP contribution in [0.3, 0.4) is 0 Å². The van der Waals surface area contributed by atoms with Crippen LogP contribution < -0.4 is 48.7 Å². The molecular formula is C55H101N9O8. The van der Waals surface area contributed by atoms with Gasteiger partial charge >= 0.3 is 0 Å². The molecule has 0 aliphatic heterocycles. The Balaban J connectivity index is 2.29. The molecule has 0 aromatic rings. The number of rotatable bonds is 42. The van der Waals surface area contributed by atoms with Crippen molar-refractivity contribution in [3.63, 3.8) is 0 Å². The van der Waals surface area contributed by atoms with Crippen LogP contribution >= 0.6 is 0 Å². The molecule has 0 aromatic carbocycles. The lowest BCUT2D eigenvalue weighted by Gasteiger charge is -2.29. The first-order valence-corrected chi connectivity index (χ1v) is 28.5. The van der Waals surface area contributed by atoms with Gasteiger partial charge in [-0.3, -0.25) is 38.4 Å². The molecule has 4 unspecified atom stereocenters. The smallest absolute Gasteiger partial charge is 0.224 e. The van der Waals surface area contributed by atoms with Crippen LogP contribution in [0.1, 0.15) is 182 Å². The topological polar surface area (TPSA) is 273 Å². The lowest BCUT2D eigenvalue weighted by molar-refractivity contribution is -0.137. The molecule has 2 aliphatic rings. The molecule has 17 heteroatoms. The summed E-state index contributed by atoms with van der Waals surface area (Å²) in [6.07, 6.45) is 16.0. The minimum absolute atomic E-state index is 0.0868. The van der Waals surface area contributed by atoms with Gasteiger partial charge in [0.2, 0.25) is 29.5 Å². The Hall–Kier alpha value is -3.80. The number of amides is 5. The molecule has 0 heterocycles. The number of carbonyl (C=O) groups is 8. The summed E-state index contributed by atoms with van der Waals surface area (Å²) in [6, 6.07) is 0. The molecule has 72 heavy (non-hydrogen) atoms. The van der Waals surface area contributed by atoms with Crippen molar-refractivity contribution in [2.75, 3.05) is 72.0 Å². The van der Waals surface area contributed by atoms with Crippen molar-refractivity contribution in [1.82, 2.24) is 37.2 Å². The van der Waals surface area contributed by atoms with Gasteiger partial charge in [-0.2, -0.15) is 0 Å². The Bertz CT molecular complexity index is 1580. The van der Waals surface area contributed by atoms with E-state index in [0.29, 0.717) is 96.0 Å². The van der Waals surface area contributed by atoms with E-state index >= 15 is 0 Å². The molecule has 0 radical (unpaired) electrons. The van der Waals surface area contributed by atoms with Crippen LogP contribution in [0, 0.1) is 47.3 Å². The van der Waals surface area contributed by atoms with Gasteiger partial charge in [-0.1, -0.05) is 98.3 Å². The second-order valence-electron chi connectivity index (χ2n) is 21.1. The third-order valence-electron chi connectivity index (χ3n) is 15.0. The van der Waals surface area contributed by atoms with Crippen LogP contribution in [0.2, 0.25) is 0 Å². The number of nitrogens with two attached hydrogens (primary N) is 2. The standard InChI is InChI=1S/C55H101N9O8/c1-5-9-12-40-14-18-42(19-15-40)38-63-52(69)36-45(32-48(65)31-44(8-4)53(70)64-39-43-20-16-41(17-21-43)13-10-6-2)50(67)35-46(54(71)62-30-28-59-26-23-57)33-49(66)34-47(55(72)61-24-11-7-3)37-51(68)60-29-27-58-25-22-56/h40-47,58-59H,5-39,56-57H2,1-4H3,(H,60,68)(H,61,72)(H,62,71)(H,63,69)(H,64,70). The molecule has 5 amide bonds. The molecule has 414 valence electrons. The van der Waals surface area contributed by atoms with E-state index < -0.39 is 65.8 Å². The van der Waals surface area contributed by atoms with Gasteiger partial charge in [0.25, 0.3) is 0 Å². The number of carbonyl (C=O) groups excluding carboxylic acids is 8. The van der Waals surface area contributed by atoms with E-state index in [2.05, 4.69) is 51.1 Å². The Labute approximate surface area is 433 Å². The highest BCUT2D eigenvalue weighted by Gasteiger charge is 2.34. The number of unbranched alkanes of at least 4 members (excludes halogenated alkanes) is 3. The average Bonchev–Trinajstić information content (AvgIpc) is 3.37. The summed E-state index contributed by atoms with van der Waals surface area (Å²) in [7, 11) is 0. The summed E-state index contributed by atoms with van der Waals surface area (Å²) in [5.74, 6) is -4.96. The van der Waals surface area contributed by atoms with E-state index in [-0.39, 0.29) is 56.2 Å². The van der Waals surface area contributed by atoms with Gasteiger partial charge in [-0.15, -0.1) is 0 Å². The van der Waals surface area contributed by atoms with E-state index in [1.807, 2.05) is 13.8 Å². The lowest BCUT2D eigenvalue weighted by atomic mass is 9.79. The van der Waals surface area contributed by atoms with E-state index in [1.165, 1.54) is 51.4 Å². The summed E-state index contributed by atoms with van der Waals surface area (Å²) < 4.78 is 0. The molecule has 0 bridgehead atoms. The molecule has 2 rings (SSSR count). The minimum Gasteiger partial charge on any atom is -0.356 e. The highest BCUT2D eigenvalue weighted by molar-refractivity contribution is 5.97. The molecule has 17 nitrogen and oxygen atoms in total. The Morgan fingerprint density at radius 2 is 0.806 bits per heavy atom. The number of nitrogens with one attached hydrogen (secondary N) is 7. The molecule has 0 spiro atoms. The second-order valence-corrected chi connectivity index (χ2v) is 21.1. The zero-order valence-electron chi connectivity index (χ0n) is 45.3. The molecule has 0 aromatic heterocycles. The van der Waals surface area contributed by atoms with Crippen molar-refractivity contribution in [2.45, 2.75) is 182 Å². The Kier molecular flexibility index (Phi) is 35.4. The summed E-state index contributed by atoms with van der Waals surface area (Å²) >= 11 is 0. The maximum Gasteiger partial charge on any atom is 0.224 e. The largest absolute Gasteiger partial charge is 0.356 e. The molecule has 0 saturated heterocycles. The van der Waals surface area contributed by atoms with Crippen molar-refractivity contribution in [2.24, 2.45) is 58.8 Å². The molecule has 4 atom stereocenters. The van der Waals surface area contributed by atoms with Crippen LogP contribution in [0.25, 0.3) is 0 Å². The Morgan fingerprint density at radius 1 is 0.403 bits per heavy atom. The summed E-state index contributed by atoms with van der Waals surface area (Å²) in [5.41, 5.74) is 11.2. The van der Waals surface area contributed by atoms with Crippen LogP contribution in [-0.2, 0) is 38.4 Å². The monoisotopic (exact) mass is 1020 g/mol. The highest BCUT2D eigenvalue weighted by Crippen LogP contribution is 2.33. The molecular weight excluding hydrogens is 915 g/mol. The van der Waals surface area contributed by atoms with Crippen LogP contribution in [0.4, 0.5) is 0 Å². The maximum absolute atomic E-state index is 14.5. The summed E-state index contributed by atoms with van der Waals surface area (Å²) in [6.45, 7) is 13.0. The van der Waals surface area contributed by atoms with Gasteiger partial charge in [0.05, 0.1) is 11.8 Å². The Morgan fingerprint density at radius 3 is 1.31 bits per heavy atom. The fraction of sp³-hybridized carbons (Fsp3) is 0.855. The zero-order valence-corrected chi connectivity index (χ0v) is 45.3. The van der Waals surface area contributed by atoms with Gasteiger partial charge in [-0.25, -0.2) is 0 Å². The van der Waals surface area contributed by atoms with E-state index in [0.717, 1.165) is 50.9 Å². The first kappa shape index (κ1) is 64.3. The van der Waals surface area contributed by atoms with Gasteiger partial charge in [0.1, 0.15) is 17.3 Å². The quantitative estimate of drug-likeness (QED) is 0.0375. The zero-order chi connectivity index (χ0) is 52.9. The average molecular weight is 1020 g/mol. The summed E-state index contributed by atoms with van der Waals surface area (Å²) in [5, 5.41) is 20.8. The predicted molar refractivity (Wildman–Crippen MR) is 285 cm³/mol. The number of ketones is 3. The van der Waals surface area contributed by atoms with E-state index in [9.17, 15) is 38.4 Å². The van der Waals surface area contributed by atoms with Crippen LogP contribution in [-0.4, -0.2) is 119 Å². The molecule has 2 aliphatic carbocycles. The number of hydrogen-bond acceptors (Lipinski definition) is 12. The maximum atomic E-state index is 14.5. The normalized spacial score (nSPS) is 19.5. The van der Waals surface area contributed by atoms with Gasteiger partial charge in [0, 0.05) is 129 Å². The third kappa shape index (κ3) is 28.6. The third-order valence-corrected chi connectivity index (χ3v) is 15.0. The molecule has 11 N–H and O–H groups in total. The van der Waals surface area contributed by atoms with Crippen molar-refractivity contribution in [3.05, 3.63) is 0 Å². The van der Waals surface area contributed by atoms with E-state index in [1.54, 1.807) is 0 Å². The van der Waals surface area contributed by atoms with Crippen molar-refractivity contribution in [1.29, 1.82) is 0 Å². The van der Waals surface area contributed by atoms with Crippen molar-refractivity contribution >= 4 is 46.9 Å². The van der Waals surface area contributed by atoms with Crippen LogP contribution in [0.5, 0.6) is 0 Å². The fourth-order valence-corrected chi connectivity index (χ4v) is 10.3. The minimum atomic E-state index is -1.18. The van der Waals surface area contributed by atoms with Gasteiger partial charge in [-0.05, 0) is 62.2 Å². The van der Waals surface area contributed by atoms with Crippen molar-refractivity contribution < 1.29 is 38.4 Å². The molecule has 2 saturated carbocycles. The fourth-order valence-electron chi connectivity index (χ4n) is 10.3. The van der Waals surface area contributed by atoms with Gasteiger partial charge < -0.3 is 48.7 Å². The molecule has 2 fully saturated rings. The van der Waals surface area contributed by atoms with E-state index in [4.69, 9.17) is 11.5 Å². The first-order valence-electron chi connectivity index (χ1n) is 28.5. The second kappa shape index (κ2) is 39.6. The highest BCUT2D eigenvalue weighted by atomic mass is 16.2. The van der Waals surface area contributed by atoms with Crippen molar-refractivity contribution in [3.8, 4) is 0 Å². The predicted octanol–water partition coefficient (Wildman–Crippen LogP) is 4.77. The van der Waals surface area contributed by atoms with Gasteiger partial charge in [0.15, 0.2) is 0 Å². The SMILES string of the molecule is CCCCNC(=O)C(CC(=O)CC(CC(=O)C(CC(=O)CC(CC)C(=O)NCC1CCC(CCCC)CC1)CC(=O)NCC1CCC(CCCC)CC1)C(=O)NCCNCCN)CC(=O)NCCNCCN. The van der Waals surface area contributed by atoms with Crippen LogP contribution in [0.15, 0.2) is 0 Å². The summed E-state index contributed by atoms with van der Waals surface area (Å²) in [4.78, 5) is 110. The first-order chi connectivity index (χ1) is 34.8.